The molecule has 1 N–H and O–H groups in total. The van der Waals surface area contributed by atoms with Crippen molar-refractivity contribution in [2.75, 3.05) is 6.61 Å². The summed E-state index contributed by atoms with van der Waals surface area (Å²) in [6.45, 7) is 4.18. The number of esters is 4. The quantitative estimate of drug-likeness (QED) is 0.435. The molecule has 1 aliphatic heterocycles. The van der Waals surface area contributed by atoms with Gasteiger partial charge in [-0.1, -0.05) is 0 Å². The van der Waals surface area contributed by atoms with E-state index < -0.39 is 67.0 Å². The third-order valence-electron chi connectivity index (χ3n) is 4.19. The highest BCUT2D eigenvalue weighted by molar-refractivity contribution is 5.89. The van der Waals surface area contributed by atoms with Crippen LogP contribution < -0.4 is 5.32 Å². The van der Waals surface area contributed by atoms with Crippen LogP contribution in [0, 0.1) is 0 Å². The number of pyridine rings is 1. The topological polar surface area (TPSA) is 156 Å². The summed E-state index contributed by atoms with van der Waals surface area (Å²) in [4.78, 5) is 63.0. The van der Waals surface area contributed by atoms with Crippen molar-refractivity contribution in [2.24, 2.45) is 0 Å². The van der Waals surface area contributed by atoms with Gasteiger partial charge in [0.05, 0.1) is 5.56 Å². The summed E-state index contributed by atoms with van der Waals surface area (Å²) in [5, 5.41) is 2.50. The Bertz CT molecular complexity index is 859. The summed E-state index contributed by atoms with van der Waals surface area (Å²) in [5.74, 6) is -3.54. The third-order valence-corrected chi connectivity index (χ3v) is 4.19. The van der Waals surface area contributed by atoms with Crippen molar-refractivity contribution in [3.05, 3.63) is 30.1 Å². The first-order valence-electron chi connectivity index (χ1n) is 9.59. The lowest BCUT2D eigenvalue weighted by molar-refractivity contribution is -0.263. The first kappa shape index (κ1) is 24.7. The molecule has 0 radical (unpaired) electrons. The normalized spacial score (nSPS) is 24.6. The number of rotatable bonds is 7. The minimum atomic E-state index is -1.48. The smallest absolute Gasteiger partial charge is 0.342 e. The lowest BCUT2D eigenvalue weighted by atomic mass is 9.96. The van der Waals surface area contributed by atoms with E-state index in [1.54, 1.807) is 0 Å². The molecular formula is C20H24N2O10. The van der Waals surface area contributed by atoms with Gasteiger partial charge in [-0.15, -0.1) is 0 Å². The Kier molecular flexibility index (Phi) is 8.64. The fraction of sp³-hybridized carbons (Fsp3) is 0.500. The van der Waals surface area contributed by atoms with E-state index in [9.17, 15) is 24.0 Å². The van der Waals surface area contributed by atoms with Crippen LogP contribution in [0.2, 0.25) is 0 Å². The van der Waals surface area contributed by atoms with E-state index in [0.29, 0.717) is 0 Å². The highest BCUT2D eigenvalue weighted by atomic mass is 16.7. The zero-order chi connectivity index (χ0) is 23.8. The van der Waals surface area contributed by atoms with E-state index in [2.05, 4.69) is 10.3 Å². The summed E-state index contributed by atoms with van der Waals surface area (Å²) < 4.78 is 26.7. The number of aromatic nitrogens is 1. The maximum atomic E-state index is 12.6. The second-order valence-corrected chi connectivity index (χ2v) is 6.87. The summed E-state index contributed by atoms with van der Waals surface area (Å²) in [7, 11) is 0. The summed E-state index contributed by atoms with van der Waals surface area (Å²) in [6.07, 6.45) is -2.53. The molecule has 0 bridgehead atoms. The number of amides is 1. The van der Waals surface area contributed by atoms with Crippen LogP contribution in [-0.4, -0.2) is 72.0 Å². The number of nitrogens with one attached hydrogen (secondary N) is 1. The molecular weight excluding hydrogens is 428 g/mol. The zero-order valence-electron chi connectivity index (χ0n) is 17.9. The van der Waals surface area contributed by atoms with E-state index in [0.717, 1.165) is 20.8 Å². The maximum absolute atomic E-state index is 12.6. The molecule has 1 aliphatic rings. The lowest BCUT2D eigenvalue weighted by Crippen LogP contribution is -2.66. The number of carbonyl (C=O) groups excluding carboxylic acids is 5. The van der Waals surface area contributed by atoms with Gasteiger partial charge in [-0.2, -0.15) is 0 Å². The third kappa shape index (κ3) is 7.01. The summed E-state index contributed by atoms with van der Waals surface area (Å²) in [5.41, 5.74) is 0.0976. The molecule has 1 fully saturated rings. The predicted molar refractivity (Wildman–Crippen MR) is 104 cm³/mol. The molecule has 1 aromatic rings. The van der Waals surface area contributed by atoms with Crippen LogP contribution in [-0.2, 0) is 42.9 Å². The Hall–Kier alpha value is -3.54. The highest BCUT2D eigenvalue weighted by Crippen LogP contribution is 2.28. The predicted octanol–water partition coefficient (Wildman–Crippen LogP) is -0.105. The van der Waals surface area contributed by atoms with Crippen molar-refractivity contribution in [1.82, 2.24) is 10.3 Å². The van der Waals surface area contributed by atoms with Crippen molar-refractivity contribution < 1.29 is 47.7 Å². The molecule has 0 aliphatic carbocycles. The van der Waals surface area contributed by atoms with Crippen molar-refractivity contribution in [3.63, 3.8) is 0 Å². The molecule has 174 valence electrons. The van der Waals surface area contributed by atoms with Crippen molar-refractivity contribution in [3.8, 4) is 0 Å². The fourth-order valence-electron chi connectivity index (χ4n) is 3.05. The molecule has 12 nitrogen and oxygen atoms in total. The van der Waals surface area contributed by atoms with Gasteiger partial charge in [-0.3, -0.25) is 24.2 Å². The molecule has 1 saturated heterocycles. The van der Waals surface area contributed by atoms with Crippen LogP contribution >= 0.6 is 0 Å². The molecule has 0 saturated carbocycles. The van der Waals surface area contributed by atoms with Gasteiger partial charge in [-0.25, -0.2) is 4.79 Å². The molecule has 1 amide bonds. The Morgan fingerprint density at radius 2 is 1.62 bits per heavy atom. The van der Waals surface area contributed by atoms with Gasteiger partial charge in [0.25, 0.3) is 0 Å². The minimum Gasteiger partial charge on any atom is -0.463 e. The van der Waals surface area contributed by atoms with Gasteiger partial charge in [0.1, 0.15) is 18.8 Å². The molecule has 0 spiro atoms. The van der Waals surface area contributed by atoms with E-state index in [1.807, 2.05) is 0 Å². The van der Waals surface area contributed by atoms with E-state index >= 15 is 0 Å². The minimum absolute atomic E-state index is 0.0976. The van der Waals surface area contributed by atoms with Gasteiger partial charge in [0.2, 0.25) is 12.2 Å². The van der Waals surface area contributed by atoms with Crippen LogP contribution in [0.4, 0.5) is 0 Å². The molecule has 12 heteroatoms. The van der Waals surface area contributed by atoms with Crippen molar-refractivity contribution in [1.29, 1.82) is 0 Å². The van der Waals surface area contributed by atoms with Gasteiger partial charge >= 0.3 is 23.9 Å². The number of ether oxygens (including phenoxy) is 5. The SMILES string of the molecule is CC(=O)N[C@@H]1[C@H](OC(=O)c2cccnc2)O[C@H](COC(C)=O)[C@H](OC(C)=O)[C@@H]1OC(C)=O. The van der Waals surface area contributed by atoms with E-state index in [4.69, 9.17) is 23.7 Å². The Morgan fingerprint density at radius 1 is 0.969 bits per heavy atom. The Morgan fingerprint density at radius 3 is 2.16 bits per heavy atom. The Labute approximate surface area is 183 Å². The average Bonchev–Trinajstić information content (AvgIpc) is 2.70. The molecule has 32 heavy (non-hydrogen) atoms. The second-order valence-electron chi connectivity index (χ2n) is 6.87. The van der Waals surface area contributed by atoms with Crippen molar-refractivity contribution in [2.45, 2.75) is 58.3 Å². The number of hydrogen-bond acceptors (Lipinski definition) is 11. The van der Waals surface area contributed by atoms with Crippen molar-refractivity contribution >= 4 is 29.8 Å². The maximum Gasteiger partial charge on any atom is 0.342 e. The number of carbonyl (C=O) groups is 5. The monoisotopic (exact) mass is 452 g/mol. The van der Waals surface area contributed by atoms with E-state index in [-0.39, 0.29) is 5.56 Å². The van der Waals surface area contributed by atoms with Crippen LogP contribution in [0.25, 0.3) is 0 Å². The fourth-order valence-corrected chi connectivity index (χ4v) is 3.05. The van der Waals surface area contributed by atoms with Gasteiger partial charge in [0, 0.05) is 40.1 Å². The van der Waals surface area contributed by atoms with Gasteiger partial charge < -0.3 is 29.0 Å². The standard InChI is InChI=1S/C20H24N2O10/c1-10(23)22-16-18(30-13(4)26)17(29-12(3)25)15(9-28-11(2)24)31-20(16)32-19(27)14-6-5-7-21-8-14/h5-8,15-18,20H,9H2,1-4H3,(H,22,23)/t15-,16+,17+,18-,20+/m1/s1. The first-order valence-corrected chi connectivity index (χ1v) is 9.59. The Balaban J connectivity index is 2.42. The molecule has 2 rings (SSSR count). The summed E-state index contributed by atoms with van der Waals surface area (Å²) in [6, 6.07) is 1.73. The zero-order valence-corrected chi connectivity index (χ0v) is 17.9. The molecule has 5 atom stereocenters. The van der Waals surface area contributed by atoms with Crippen LogP contribution in [0.15, 0.2) is 24.5 Å². The summed E-state index contributed by atoms with van der Waals surface area (Å²) >= 11 is 0. The lowest BCUT2D eigenvalue weighted by Gasteiger charge is -2.44. The highest BCUT2D eigenvalue weighted by Gasteiger charge is 2.52. The van der Waals surface area contributed by atoms with Crippen LogP contribution in [0.3, 0.4) is 0 Å². The second kappa shape index (κ2) is 11.2. The largest absolute Gasteiger partial charge is 0.463 e. The number of nitrogens with zero attached hydrogens (tertiary/aromatic N) is 1. The molecule has 2 heterocycles. The molecule has 1 aromatic heterocycles. The first-order chi connectivity index (χ1) is 15.1. The molecule has 0 unspecified atom stereocenters. The van der Waals surface area contributed by atoms with Gasteiger partial charge in [0.15, 0.2) is 12.2 Å². The average molecular weight is 452 g/mol. The van der Waals surface area contributed by atoms with Crippen LogP contribution in [0.5, 0.6) is 0 Å². The molecule has 0 aromatic carbocycles. The van der Waals surface area contributed by atoms with Gasteiger partial charge in [-0.05, 0) is 12.1 Å². The van der Waals surface area contributed by atoms with E-state index in [1.165, 1.54) is 31.5 Å². The van der Waals surface area contributed by atoms with Crippen LogP contribution in [0.1, 0.15) is 38.1 Å². The number of hydrogen-bond donors (Lipinski definition) is 1.